The number of hydrogen-bond acceptors (Lipinski definition) is 3. The summed E-state index contributed by atoms with van der Waals surface area (Å²) in [6.07, 6.45) is 3.84. The Kier molecular flexibility index (Phi) is 7.60. The highest BCUT2D eigenvalue weighted by atomic mass is 16.5. The normalized spacial score (nSPS) is 18.4. The predicted octanol–water partition coefficient (Wildman–Crippen LogP) is 5.20. The molecule has 2 aromatic carbocycles. The smallest absolute Gasteiger partial charge is 0.261 e. The maximum absolute atomic E-state index is 13.2. The number of nitrogens with one attached hydrogen (secondary N) is 1. The lowest BCUT2D eigenvalue weighted by molar-refractivity contribution is -0.134. The number of ether oxygens (including phenoxy) is 1. The third-order valence-corrected chi connectivity index (χ3v) is 6.88. The van der Waals surface area contributed by atoms with E-state index in [9.17, 15) is 9.59 Å². The van der Waals surface area contributed by atoms with Gasteiger partial charge >= 0.3 is 0 Å². The molecular formula is C29H38N2O3. The molecule has 1 N–H and O–H groups in total. The Balaban J connectivity index is 1.60. The minimum Gasteiger partial charge on any atom is -0.481 e. The first kappa shape index (κ1) is 24.3. The van der Waals surface area contributed by atoms with Crippen LogP contribution in [-0.2, 0) is 16.0 Å². The van der Waals surface area contributed by atoms with Crippen molar-refractivity contribution in [3.05, 3.63) is 64.7 Å². The van der Waals surface area contributed by atoms with E-state index in [0.717, 1.165) is 43.4 Å². The third-order valence-electron chi connectivity index (χ3n) is 6.88. The summed E-state index contributed by atoms with van der Waals surface area (Å²) in [5.74, 6) is 1.60. The molecular weight excluding hydrogens is 424 g/mol. The zero-order valence-electron chi connectivity index (χ0n) is 21.0. The molecule has 1 aliphatic carbocycles. The first-order valence-electron chi connectivity index (χ1n) is 12.8. The summed E-state index contributed by atoms with van der Waals surface area (Å²) < 4.78 is 6.20. The van der Waals surface area contributed by atoms with Gasteiger partial charge in [-0.1, -0.05) is 56.7 Å². The number of nitrogens with zero attached hydrogens (tertiary/aromatic N) is 1. The number of hydrogen-bond donors (Lipinski definition) is 1. The molecule has 2 aliphatic rings. The van der Waals surface area contributed by atoms with Crippen LogP contribution in [0.1, 0.15) is 74.8 Å². The first-order chi connectivity index (χ1) is 16.4. The maximum atomic E-state index is 13.2. The van der Waals surface area contributed by atoms with E-state index in [0.29, 0.717) is 24.6 Å². The summed E-state index contributed by atoms with van der Waals surface area (Å²) in [7, 11) is 0. The molecule has 5 nitrogen and oxygen atoms in total. The molecule has 4 rings (SSSR count). The van der Waals surface area contributed by atoms with E-state index >= 15 is 0 Å². The van der Waals surface area contributed by atoms with Gasteiger partial charge in [-0.15, -0.1) is 0 Å². The molecule has 34 heavy (non-hydrogen) atoms. The largest absolute Gasteiger partial charge is 0.481 e. The molecule has 1 saturated carbocycles. The second kappa shape index (κ2) is 10.6. The van der Waals surface area contributed by atoms with E-state index in [-0.39, 0.29) is 23.8 Å². The van der Waals surface area contributed by atoms with E-state index < -0.39 is 6.10 Å². The molecule has 182 valence electrons. The van der Waals surface area contributed by atoms with Crippen LogP contribution in [0.5, 0.6) is 5.75 Å². The zero-order valence-corrected chi connectivity index (χ0v) is 21.0. The molecule has 1 fully saturated rings. The molecule has 0 aromatic heterocycles. The number of carbonyl (C=O) groups excluding carboxylic acids is 2. The summed E-state index contributed by atoms with van der Waals surface area (Å²) >= 11 is 0. The zero-order chi connectivity index (χ0) is 24.2. The van der Waals surface area contributed by atoms with Crippen LogP contribution in [0.2, 0.25) is 0 Å². The van der Waals surface area contributed by atoms with E-state index in [4.69, 9.17) is 4.74 Å². The van der Waals surface area contributed by atoms with Gasteiger partial charge in [-0.25, -0.2) is 0 Å². The quantitative estimate of drug-likeness (QED) is 0.557. The van der Waals surface area contributed by atoms with Crippen LogP contribution in [0, 0.1) is 18.8 Å². The molecule has 0 radical (unpaired) electrons. The highest BCUT2D eigenvalue weighted by Gasteiger charge is 2.39. The van der Waals surface area contributed by atoms with E-state index in [1.54, 1.807) is 0 Å². The molecule has 1 heterocycles. The fraction of sp³-hybridized carbons (Fsp3) is 0.517. The van der Waals surface area contributed by atoms with Crippen LogP contribution in [0.4, 0.5) is 0 Å². The number of rotatable bonds is 9. The van der Waals surface area contributed by atoms with Gasteiger partial charge in [-0.05, 0) is 73.8 Å². The molecule has 0 saturated heterocycles. The summed E-state index contributed by atoms with van der Waals surface area (Å²) in [5.41, 5.74) is 4.66. The summed E-state index contributed by atoms with van der Waals surface area (Å²) in [6, 6.07) is 14.4. The molecule has 0 bridgehead atoms. The standard InChI is InChI=1S/C29H38N2O3/c1-5-26(28(32)30-15-13-19(2)3)34-24-12-11-21-14-16-31(29(33)22-9-10-22)27(25(21)18-24)23-8-6-7-20(4)17-23/h6-8,11-12,17-19,22,26-27H,5,9-10,13-16H2,1-4H3,(H,30,32)/t26-,27-/m1/s1. The Bertz CT molecular complexity index is 1030. The van der Waals surface area contributed by atoms with Gasteiger partial charge in [0.05, 0.1) is 6.04 Å². The van der Waals surface area contributed by atoms with Crippen LogP contribution >= 0.6 is 0 Å². The monoisotopic (exact) mass is 462 g/mol. The summed E-state index contributed by atoms with van der Waals surface area (Å²) in [6.45, 7) is 9.75. The van der Waals surface area contributed by atoms with Gasteiger partial charge in [0.15, 0.2) is 6.10 Å². The molecule has 2 atom stereocenters. The Morgan fingerprint density at radius 3 is 2.62 bits per heavy atom. The lowest BCUT2D eigenvalue weighted by Crippen LogP contribution is -2.41. The van der Waals surface area contributed by atoms with Gasteiger partial charge in [0, 0.05) is 19.0 Å². The van der Waals surface area contributed by atoms with Gasteiger partial charge in [0.1, 0.15) is 5.75 Å². The Hall–Kier alpha value is -2.82. The van der Waals surface area contributed by atoms with E-state index in [2.05, 4.69) is 67.4 Å². The van der Waals surface area contributed by atoms with Gasteiger partial charge in [0.25, 0.3) is 5.91 Å². The van der Waals surface area contributed by atoms with Crippen molar-refractivity contribution in [2.24, 2.45) is 11.8 Å². The van der Waals surface area contributed by atoms with Gasteiger partial charge in [0.2, 0.25) is 5.91 Å². The number of fused-ring (bicyclic) bond motifs is 1. The number of aryl methyl sites for hydroxylation is 1. The van der Waals surface area contributed by atoms with Crippen molar-refractivity contribution in [3.8, 4) is 5.75 Å². The average Bonchev–Trinajstić information content (AvgIpc) is 3.66. The molecule has 0 unspecified atom stereocenters. The maximum Gasteiger partial charge on any atom is 0.261 e. The number of benzene rings is 2. The Labute approximate surface area is 203 Å². The fourth-order valence-corrected chi connectivity index (χ4v) is 4.75. The second-order valence-corrected chi connectivity index (χ2v) is 10.2. The van der Waals surface area contributed by atoms with E-state index in [1.807, 2.05) is 13.0 Å². The lowest BCUT2D eigenvalue weighted by Gasteiger charge is -2.38. The molecule has 0 spiro atoms. The fourth-order valence-electron chi connectivity index (χ4n) is 4.75. The van der Waals surface area contributed by atoms with Crippen molar-refractivity contribution in [1.82, 2.24) is 10.2 Å². The minimum atomic E-state index is -0.532. The Morgan fingerprint density at radius 2 is 1.94 bits per heavy atom. The highest BCUT2D eigenvalue weighted by Crippen LogP contribution is 2.41. The van der Waals surface area contributed by atoms with Crippen LogP contribution in [0.25, 0.3) is 0 Å². The van der Waals surface area contributed by atoms with Crippen molar-refractivity contribution < 1.29 is 14.3 Å². The van der Waals surface area contributed by atoms with Crippen molar-refractivity contribution in [3.63, 3.8) is 0 Å². The van der Waals surface area contributed by atoms with Crippen molar-refractivity contribution in [2.75, 3.05) is 13.1 Å². The topological polar surface area (TPSA) is 58.6 Å². The predicted molar refractivity (Wildman–Crippen MR) is 135 cm³/mol. The van der Waals surface area contributed by atoms with Crippen LogP contribution < -0.4 is 10.1 Å². The summed E-state index contributed by atoms with van der Waals surface area (Å²) in [5, 5.41) is 3.01. The summed E-state index contributed by atoms with van der Waals surface area (Å²) in [4.78, 5) is 28.0. The van der Waals surface area contributed by atoms with Crippen molar-refractivity contribution in [2.45, 2.75) is 71.9 Å². The SMILES string of the molecule is CC[C@@H](Oc1ccc2c(c1)[C@@H](c1cccc(C)c1)N(C(=O)C1CC1)CC2)C(=O)NCCC(C)C. The number of carbonyl (C=O) groups is 2. The third kappa shape index (κ3) is 5.63. The molecule has 1 aliphatic heterocycles. The second-order valence-electron chi connectivity index (χ2n) is 10.2. The Morgan fingerprint density at radius 1 is 1.15 bits per heavy atom. The van der Waals surface area contributed by atoms with Crippen molar-refractivity contribution in [1.29, 1.82) is 0 Å². The van der Waals surface area contributed by atoms with Gasteiger partial charge < -0.3 is 15.0 Å². The minimum absolute atomic E-state index is 0.0679. The average molecular weight is 463 g/mol. The van der Waals surface area contributed by atoms with Crippen LogP contribution in [0.3, 0.4) is 0 Å². The molecule has 2 aromatic rings. The van der Waals surface area contributed by atoms with Gasteiger partial charge in [-0.2, -0.15) is 0 Å². The molecule has 5 heteroatoms. The first-order valence-corrected chi connectivity index (χ1v) is 12.8. The number of amides is 2. The van der Waals surface area contributed by atoms with Gasteiger partial charge in [-0.3, -0.25) is 9.59 Å². The van der Waals surface area contributed by atoms with E-state index in [1.165, 1.54) is 11.1 Å². The highest BCUT2D eigenvalue weighted by molar-refractivity contribution is 5.82. The molecule has 2 amide bonds. The van der Waals surface area contributed by atoms with Crippen LogP contribution in [-0.4, -0.2) is 35.9 Å². The van der Waals surface area contributed by atoms with Crippen molar-refractivity contribution >= 4 is 11.8 Å². The lowest BCUT2D eigenvalue weighted by atomic mass is 9.87. The van der Waals surface area contributed by atoms with Crippen LogP contribution in [0.15, 0.2) is 42.5 Å².